The first kappa shape index (κ1) is 33.3. The molecule has 39 heavy (non-hydrogen) atoms. The summed E-state index contributed by atoms with van der Waals surface area (Å²) >= 11 is 0. The maximum atomic E-state index is 13.2. The van der Waals surface area contributed by atoms with Gasteiger partial charge in [-0.15, -0.1) is 0 Å². The molecule has 220 valence electrons. The maximum Gasteiger partial charge on any atom is 0.417 e. The zero-order valence-electron chi connectivity index (χ0n) is 23.1. The number of esters is 4. The lowest BCUT2D eigenvalue weighted by Crippen LogP contribution is -2.67. The molecular formula is C24H35NO14. The molecule has 15 heteroatoms. The number of aliphatic carboxylic acids is 1. The van der Waals surface area contributed by atoms with E-state index in [0.717, 1.165) is 34.6 Å². The van der Waals surface area contributed by atoms with Gasteiger partial charge in [0, 0.05) is 41.0 Å². The molecule has 0 saturated carbocycles. The van der Waals surface area contributed by atoms with Crippen LogP contribution in [0.1, 0.15) is 61.8 Å². The highest BCUT2D eigenvalue weighted by atomic mass is 16.6. The van der Waals surface area contributed by atoms with Crippen LogP contribution in [0.3, 0.4) is 0 Å². The fourth-order valence-electron chi connectivity index (χ4n) is 3.89. The van der Waals surface area contributed by atoms with Crippen molar-refractivity contribution in [1.82, 2.24) is 4.90 Å². The molecule has 0 spiro atoms. The van der Waals surface area contributed by atoms with Crippen molar-refractivity contribution < 1.29 is 67.1 Å². The summed E-state index contributed by atoms with van der Waals surface area (Å²) in [7, 11) is 0. The summed E-state index contributed by atoms with van der Waals surface area (Å²) in [5, 5.41) is 9.73. The highest BCUT2D eigenvalue weighted by molar-refractivity contribution is 5.91. The van der Waals surface area contributed by atoms with Gasteiger partial charge in [-0.3, -0.25) is 24.0 Å². The van der Waals surface area contributed by atoms with Crippen molar-refractivity contribution in [3.05, 3.63) is 0 Å². The van der Waals surface area contributed by atoms with E-state index < -0.39 is 97.0 Å². The largest absolute Gasteiger partial charge is 0.479 e. The number of hydrogen-bond donors (Lipinski definition) is 1. The van der Waals surface area contributed by atoms with Gasteiger partial charge in [-0.2, -0.15) is 0 Å². The van der Waals surface area contributed by atoms with Crippen LogP contribution in [0.2, 0.25) is 0 Å². The summed E-state index contributed by atoms with van der Waals surface area (Å²) in [6, 6.07) is -1.64. The molecule has 1 N–H and O–H groups in total. The molecule has 0 aromatic heterocycles. The minimum Gasteiger partial charge on any atom is -0.479 e. The second-order valence-corrected chi connectivity index (χ2v) is 9.70. The van der Waals surface area contributed by atoms with Gasteiger partial charge in [-0.1, -0.05) is 0 Å². The Morgan fingerprint density at radius 3 is 1.87 bits per heavy atom. The van der Waals surface area contributed by atoms with Crippen LogP contribution in [0.25, 0.3) is 0 Å². The third-order valence-electron chi connectivity index (χ3n) is 5.07. The molecule has 0 bridgehead atoms. The number of imide groups is 1. The summed E-state index contributed by atoms with van der Waals surface area (Å²) in [5.74, 6) is -5.97. The highest BCUT2D eigenvalue weighted by Crippen LogP contribution is 2.33. The van der Waals surface area contributed by atoms with E-state index in [1.54, 1.807) is 0 Å². The fraction of sp³-hybridized carbons (Fsp3) is 0.708. The molecule has 0 aliphatic carbocycles. The zero-order valence-corrected chi connectivity index (χ0v) is 23.1. The lowest BCUT2D eigenvalue weighted by molar-refractivity contribution is -0.225. The van der Waals surface area contributed by atoms with Crippen molar-refractivity contribution in [2.75, 3.05) is 6.61 Å². The third-order valence-corrected chi connectivity index (χ3v) is 5.07. The van der Waals surface area contributed by atoms with Gasteiger partial charge >= 0.3 is 35.9 Å². The molecule has 0 aromatic rings. The lowest BCUT2D eigenvalue weighted by atomic mass is 9.88. The van der Waals surface area contributed by atoms with Crippen LogP contribution in [-0.2, 0) is 57.2 Å². The Morgan fingerprint density at radius 1 is 0.897 bits per heavy atom. The molecule has 1 rings (SSSR count). The smallest absolute Gasteiger partial charge is 0.417 e. The highest BCUT2D eigenvalue weighted by Gasteiger charge is 2.55. The minimum absolute atomic E-state index is 0.516. The molecule has 1 aliphatic rings. The van der Waals surface area contributed by atoms with Crippen LogP contribution in [0.15, 0.2) is 0 Å². The maximum absolute atomic E-state index is 13.2. The van der Waals surface area contributed by atoms with Crippen LogP contribution in [-0.4, -0.2) is 101 Å². The van der Waals surface area contributed by atoms with E-state index in [9.17, 15) is 38.7 Å². The summed E-state index contributed by atoms with van der Waals surface area (Å²) in [6.07, 6.45) is -10.0. The van der Waals surface area contributed by atoms with Gasteiger partial charge in [0.25, 0.3) is 0 Å². The van der Waals surface area contributed by atoms with Crippen molar-refractivity contribution in [2.24, 2.45) is 0 Å². The van der Waals surface area contributed by atoms with Crippen molar-refractivity contribution in [1.29, 1.82) is 0 Å². The van der Waals surface area contributed by atoms with Gasteiger partial charge in [-0.05, 0) is 20.8 Å². The van der Waals surface area contributed by atoms with Crippen LogP contribution >= 0.6 is 0 Å². The Morgan fingerprint density at radius 2 is 1.46 bits per heavy atom. The third kappa shape index (κ3) is 10.5. The molecular weight excluding hydrogens is 526 g/mol. The van der Waals surface area contributed by atoms with E-state index in [2.05, 4.69) is 0 Å². The van der Waals surface area contributed by atoms with Gasteiger partial charge in [0.1, 0.15) is 30.5 Å². The van der Waals surface area contributed by atoms with Crippen molar-refractivity contribution in [2.45, 2.75) is 104 Å². The molecule has 1 aliphatic heterocycles. The molecule has 1 fully saturated rings. The van der Waals surface area contributed by atoms with Crippen molar-refractivity contribution in [3.63, 3.8) is 0 Å². The molecule has 0 radical (unpaired) electrons. The first-order valence-corrected chi connectivity index (χ1v) is 11.9. The second-order valence-electron chi connectivity index (χ2n) is 9.70. The molecule has 1 saturated heterocycles. The monoisotopic (exact) mass is 561 g/mol. The standard InChI is InChI=1S/C24H35NO14/c1-11(26)25(23(33)39-24(6,7)8)19-16(35-13(3)28)9-17(22(31)32)38-21(19)20(37-15(5)30)18(36-14(4)29)10-34-12(2)27/h16-21H,9-10H2,1-8H3,(H,31,32)/t16-,17-,18+,19+,20+,21+/m0/s1. The Balaban J connectivity index is 3.88. The number of carbonyl (C=O) groups is 7. The number of amides is 2. The number of ether oxygens (including phenoxy) is 6. The number of rotatable bonds is 9. The average Bonchev–Trinajstić information content (AvgIpc) is 2.73. The van der Waals surface area contributed by atoms with Crippen LogP contribution < -0.4 is 0 Å². The normalized spacial score (nSPS) is 22.4. The van der Waals surface area contributed by atoms with Gasteiger partial charge in [0.05, 0.1) is 0 Å². The summed E-state index contributed by atoms with van der Waals surface area (Å²) in [5.41, 5.74) is -1.10. The van der Waals surface area contributed by atoms with E-state index in [4.69, 9.17) is 28.4 Å². The van der Waals surface area contributed by atoms with Crippen LogP contribution in [0, 0.1) is 0 Å². The van der Waals surface area contributed by atoms with E-state index >= 15 is 0 Å². The molecule has 0 unspecified atom stereocenters. The lowest BCUT2D eigenvalue weighted by Gasteiger charge is -2.47. The van der Waals surface area contributed by atoms with Crippen LogP contribution in [0.4, 0.5) is 4.79 Å². The van der Waals surface area contributed by atoms with E-state index in [1.165, 1.54) is 20.8 Å². The molecule has 6 atom stereocenters. The summed E-state index contributed by atoms with van der Waals surface area (Å²) in [6.45, 7) is 8.97. The van der Waals surface area contributed by atoms with Gasteiger partial charge < -0.3 is 33.5 Å². The van der Waals surface area contributed by atoms with Gasteiger partial charge in [0.15, 0.2) is 18.3 Å². The Hall–Kier alpha value is -3.75. The first-order chi connectivity index (χ1) is 17.8. The fourth-order valence-corrected chi connectivity index (χ4v) is 3.89. The quantitative estimate of drug-likeness (QED) is 0.305. The predicted molar refractivity (Wildman–Crippen MR) is 127 cm³/mol. The van der Waals surface area contributed by atoms with E-state index in [-0.39, 0.29) is 0 Å². The summed E-state index contributed by atoms with van der Waals surface area (Å²) in [4.78, 5) is 86.1. The number of carboxylic acids is 1. The molecule has 15 nitrogen and oxygen atoms in total. The predicted octanol–water partition coefficient (Wildman–Crippen LogP) is 0.739. The van der Waals surface area contributed by atoms with Crippen molar-refractivity contribution in [3.8, 4) is 0 Å². The Bertz CT molecular complexity index is 970. The second kappa shape index (κ2) is 13.9. The number of carboxylic acid groups (broad SMARTS) is 1. The molecule has 2 amide bonds. The molecule has 1 heterocycles. The van der Waals surface area contributed by atoms with Gasteiger partial charge in [0.2, 0.25) is 5.91 Å². The number of nitrogens with zero attached hydrogens (tertiary/aromatic N) is 1. The Labute approximate surface area is 224 Å². The van der Waals surface area contributed by atoms with Crippen LogP contribution in [0.5, 0.6) is 0 Å². The SMILES string of the molecule is CC(=O)OC[C@@H](OC(C)=O)[C@@H](OC(C)=O)[C@@H]1O[C@H](C(=O)O)C[C@H](OC(C)=O)[C@H]1N(C(C)=O)C(=O)OC(C)(C)C. The average molecular weight is 562 g/mol. The zero-order chi connectivity index (χ0) is 30.2. The van der Waals surface area contributed by atoms with E-state index in [1.807, 2.05) is 0 Å². The van der Waals surface area contributed by atoms with Gasteiger partial charge in [-0.25, -0.2) is 14.5 Å². The number of carbonyl (C=O) groups excluding carboxylic acids is 6. The van der Waals surface area contributed by atoms with E-state index in [0.29, 0.717) is 4.90 Å². The van der Waals surface area contributed by atoms with Crippen molar-refractivity contribution >= 4 is 41.8 Å². The Kier molecular flexibility index (Phi) is 11.8. The molecule has 0 aromatic carbocycles. The topological polar surface area (TPSA) is 198 Å². The minimum atomic E-state index is -1.77. The number of hydrogen-bond acceptors (Lipinski definition) is 13. The summed E-state index contributed by atoms with van der Waals surface area (Å²) < 4.78 is 31.9. The first-order valence-electron chi connectivity index (χ1n) is 11.9.